The van der Waals surface area contributed by atoms with Crippen molar-refractivity contribution in [1.29, 1.82) is 0 Å². The molecule has 3 rings (SSSR count). The van der Waals surface area contributed by atoms with E-state index in [1.165, 1.54) is 25.7 Å². The van der Waals surface area contributed by atoms with E-state index in [-0.39, 0.29) is 6.10 Å². The molecule has 3 aliphatic carbocycles. The first kappa shape index (κ1) is 7.98. The zero-order valence-electron chi connectivity index (χ0n) is 8.08. The highest BCUT2D eigenvalue weighted by atomic mass is 16.5. The summed E-state index contributed by atoms with van der Waals surface area (Å²) < 4.78 is 5.37. The minimum atomic E-state index is -0.0347. The molecule has 0 spiro atoms. The predicted octanol–water partition coefficient (Wildman–Crippen LogP) is 1.78. The fraction of sp³-hybridized carbons (Fsp3) is 0.909. The van der Waals surface area contributed by atoms with Crippen molar-refractivity contribution in [1.82, 2.24) is 0 Å². The first-order valence-electron chi connectivity index (χ1n) is 5.34. The normalized spacial score (nSPS) is 37.3. The molecular formula is C11H16O2. The van der Waals surface area contributed by atoms with Gasteiger partial charge in [-0.2, -0.15) is 0 Å². The van der Waals surface area contributed by atoms with Crippen molar-refractivity contribution in [3.8, 4) is 0 Å². The molecule has 0 aliphatic heterocycles. The number of methoxy groups -OCH3 is 1. The maximum Gasteiger partial charge on any atom is 0.162 e. The van der Waals surface area contributed by atoms with Crippen LogP contribution in [0.2, 0.25) is 0 Å². The Labute approximate surface area is 78.6 Å². The molecule has 0 aromatic carbocycles. The summed E-state index contributed by atoms with van der Waals surface area (Å²) >= 11 is 0. The van der Waals surface area contributed by atoms with Crippen LogP contribution in [-0.4, -0.2) is 19.0 Å². The molecule has 1 unspecified atom stereocenters. The first-order valence-corrected chi connectivity index (χ1v) is 5.34. The van der Waals surface area contributed by atoms with Crippen LogP contribution >= 0.6 is 0 Å². The minimum Gasteiger partial charge on any atom is -0.373 e. The lowest BCUT2D eigenvalue weighted by Gasteiger charge is -2.48. The molecule has 1 atom stereocenters. The van der Waals surface area contributed by atoms with Crippen LogP contribution in [0, 0.1) is 17.3 Å². The van der Waals surface area contributed by atoms with Crippen molar-refractivity contribution in [2.75, 3.05) is 7.11 Å². The summed E-state index contributed by atoms with van der Waals surface area (Å²) in [4.78, 5) is 11.4. The lowest BCUT2D eigenvalue weighted by atomic mass is 9.59. The van der Waals surface area contributed by atoms with Crippen LogP contribution in [0.25, 0.3) is 0 Å². The summed E-state index contributed by atoms with van der Waals surface area (Å²) in [5.41, 5.74) is 0.311. The van der Waals surface area contributed by atoms with Gasteiger partial charge in [0.25, 0.3) is 0 Å². The molecule has 13 heavy (non-hydrogen) atoms. The summed E-state index contributed by atoms with van der Waals surface area (Å²) in [6, 6.07) is 0. The van der Waals surface area contributed by atoms with Gasteiger partial charge in [-0.15, -0.1) is 0 Å². The Morgan fingerprint density at radius 2 is 1.77 bits per heavy atom. The summed E-state index contributed by atoms with van der Waals surface area (Å²) in [5.74, 6) is 1.99. The van der Waals surface area contributed by atoms with Crippen molar-refractivity contribution in [3.63, 3.8) is 0 Å². The Bertz CT molecular complexity index is 239. The SMILES string of the molecule is COC1C(=O)CC1(C1CC1)C1CC1. The molecule has 0 saturated heterocycles. The molecule has 0 amide bonds. The summed E-state index contributed by atoms with van der Waals surface area (Å²) in [6.07, 6.45) is 6.13. The number of hydrogen-bond acceptors (Lipinski definition) is 2. The topological polar surface area (TPSA) is 26.3 Å². The van der Waals surface area contributed by atoms with Gasteiger partial charge in [-0.1, -0.05) is 0 Å². The fourth-order valence-corrected chi connectivity index (χ4v) is 3.30. The smallest absolute Gasteiger partial charge is 0.162 e. The van der Waals surface area contributed by atoms with Crippen LogP contribution in [0.5, 0.6) is 0 Å². The van der Waals surface area contributed by atoms with Crippen LogP contribution in [0.4, 0.5) is 0 Å². The molecule has 2 heteroatoms. The Hall–Kier alpha value is -0.370. The first-order chi connectivity index (χ1) is 6.29. The van der Waals surface area contributed by atoms with Gasteiger partial charge in [-0.05, 0) is 37.5 Å². The number of ether oxygens (including phenoxy) is 1. The average molecular weight is 180 g/mol. The van der Waals surface area contributed by atoms with Crippen molar-refractivity contribution in [2.24, 2.45) is 17.3 Å². The van der Waals surface area contributed by atoms with Crippen LogP contribution < -0.4 is 0 Å². The van der Waals surface area contributed by atoms with Gasteiger partial charge in [-0.25, -0.2) is 0 Å². The second-order valence-electron chi connectivity index (χ2n) is 4.92. The molecule has 3 saturated carbocycles. The van der Waals surface area contributed by atoms with Crippen LogP contribution in [0.3, 0.4) is 0 Å². The van der Waals surface area contributed by atoms with Gasteiger partial charge >= 0.3 is 0 Å². The highest BCUT2D eigenvalue weighted by Crippen LogP contribution is 2.66. The zero-order chi connectivity index (χ0) is 9.05. The van der Waals surface area contributed by atoms with Crippen molar-refractivity contribution in [3.05, 3.63) is 0 Å². The van der Waals surface area contributed by atoms with E-state index in [1.807, 2.05) is 0 Å². The third-order valence-corrected chi connectivity index (χ3v) is 4.17. The third kappa shape index (κ3) is 0.899. The zero-order valence-corrected chi connectivity index (χ0v) is 8.08. The molecule has 0 N–H and O–H groups in total. The second-order valence-corrected chi connectivity index (χ2v) is 4.92. The lowest BCUT2D eigenvalue weighted by Crippen LogP contribution is -2.57. The summed E-state index contributed by atoms with van der Waals surface area (Å²) in [5, 5.41) is 0. The monoisotopic (exact) mass is 180 g/mol. The van der Waals surface area contributed by atoms with Crippen molar-refractivity contribution in [2.45, 2.75) is 38.2 Å². The molecule has 3 aliphatic rings. The number of Topliss-reactive ketones (excluding diaryl/α,β-unsaturated/α-hetero) is 1. The predicted molar refractivity (Wildman–Crippen MR) is 48.3 cm³/mol. The van der Waals surface area contributed by atoms with Gasteiger partial charge in [0, 0.05) is 18.9 Å². The number of carbonyl (C=O) groups excluding carboxylic acids is 1. The number of carbonyl (C=O) groups is 1. The van der Waals surface area contributed by atoms with E-state index in [2.05, 4.69) is 0 Å². The molecule has 0 aromatic rings. The van der Waals surface area contributed by atoms with E-state index >= 15 is 0 Å². The molecule has 2 nitrogen and oxygen atoms in total. The molecule has 3 fully saturated rings. The summed E-state index contributed by atoms with van der Waals surface area (Å²) in [6.45, 7) is 0. The Morgan fingerprint density at radius 3 is 2.08 bits per heavy atom. The van der Waals surface area contributed by atoms with E-state index in [0.29, 0.717) is 11.2 Å². The van der Waals surface area contributed by atoms with Crippen LogP contribution in [-0.2, 0) is 9.53 Å². The highest BCUT2D eigenvalue weighted by Gasteiger charge is 2.66. The van der Waals surface area contributed by atoms with Crippen LogP contribution in [0.15, 0.2) is 0 Å². The van der Waals surface area contributed by atoms with Crippen molar-refractivity contribution >= 4 is 5.78 Å². The van der Waals surface area contributed by atoms with Crippen molar-refractivity contribution < 1.29 is 9.53 Å². The molecule has 0 radical (unpaired) electrons. The van der Waals surface area contributed by atoms with E-state index in [9.17, 15) is 4.79 Å². The van der Waals surface area contributed by atoms with E-state index < -0.39 is 0 Å². The Kier molecular flexibility index (Phi) is 1.44. The Balaban J connectivity index is 1.86. The van der Waals surface area contributed by atoms with Gasteiger partial charge in [0.2, 0.25) is 0 Å². The molecule has 0 aromatic heterocycles. The number of rotatable bonds is 3. The minimum absolute atomic E-state index is 0.0347. The fourth-order valence-electron chi connectivity index (χ4n) is 3.30. The van der Waals surface area contributed by atoms with E-state index in [0.717, 1.165) is 18.3 Å². The van der Waals surface area contributed by atoms with Gasteiger partial charge in [0.15, 0.2) is 5.78 Å². The molecule has 0 bridgehead atoms. The maximum atomic E-state index is 11.4. The van der Waals surface area contributed by atoms with Gasteiger partial charge in [0.1, 0.15) is 6.10 Å². The van der Waals surface area contributed by atoms with Crippen LogP contribution in [0.1, 0.15) is 32.1 Å². The molecule has 0 heterocycles. The number of ketones is 1. The third-order valence-electron chi connectivity index (χ3n) is 4.17. The second kappa shape index (κ2) is 2.35. The largest absolute Gasteiger partial charge is 0.373 e. The standard InChI is InChI=1S/C11H16O2/c1-13-10-9(12)6-11(10,7-2-3-7)8-4-5-8/h7-8,10H,2-6H2,1H3. The van der Waals surface area contributed by atoms with Gasteiger partial charge in [-0.3, -0.25) is 4.79 Å². The average Bonchev–Trinajstić information content (AvgIpc) is 2.92. The van der Waals surface area contributed by atoms with E-state index in [1.54, 1.807) is 7.11 Å². The van der Waals surface area contributed by atoms with Gasteiger partial charge < -0.3 is 4.74 Å². The number of hydrogen-bond donors (Lipinski definition) is 0. The quantitative estimate of drug-likeness (QED) is 0.661. The summed E-state index contributed by atoms with van der Waals surface area (Å²) in [7, 11) is 1.70. The van der Waals surface area contributed by atoms with Gasteiger partial charge in [0.05, 0.1) is 0 Å². The lowest BCUT2D eigenvalue weighted by molar-refractivity contribution is -0.166. The maximum absolute atomic E-state index is 11.4. The molecule has 72 valence electrons. The Morgan fingerprint density at radius 1 is 1.23 bits per heavy atom. The molecular weight excluding hydrogens is 164 g/mol. The highest BCUT2D eigenvalue weighted by molar-refractivity contribution is 5.92. The van der Waals surface area contributed by atoms with E-state index in [4.69, 9.17) is 4.74 Å².